The van der Waals surface area contributed by atoms with Crippen LogP contribution in [0.2, 0.25) is 10.0 Å². The summed E-state index contributed by atoms with van der Waals surface area (Å²) in [6.07, 6.45) is 4.50. The predicted molar refractivity (Wildman–Crippen MR) is 78.6 cm³/mol. The molecule has 0 aliphatic heterocycles. The van der Waals surface area contributed by atoms with Crippen LogP contribution in [-0.4, -0.2) is 18.0 Å². The second-order valence-corrected chi connectivity index (χ2v) is 5.98. The summed E-state index contributed by atoms with van der Waals surface area (Å²) in [5.74, 6) is -0.00857. The molecule has 5 heteroatoms. The van der Waals surface area contributed by atoms with E-state index in [0.717, 1.165) is 31.2 Å². The van der Waals surface area contributed by atoms with Crippen molar-refractivity contribution < 1.29 is 4.79 Å². The fraction of sp³-hybridized carbons (Fsp3) is 0.500. The van der Waals surface area contributed by atoms with Gasteiger partial charge in [0.2, 0.25) is 5.91 Å². The van der Waals surface area contributed by atoms with Crippen LogP contribution in [0.4, 0.5) is 0 Å². The van der Waals surface area contributed by atoms with Gasteiger partial charge in [-0.15, -0.1) is 0 Å². The summed E-state index contributed by atoms with van der Waals surface area (Å²) in [4.78, 5) is 12.1. The monoisotopic (exact) mass is 300 g/mol. The summed E-state index contributed by atoms with van der Waals surface area (Å²) in [7, 11) is 0. The van der Waals surface area contributed by atoms with E-state index >= 15 is 0 Å². The van der Waals surface area contributed by atoms with Crippen molar-refractivity contribution in [1.82, 2.24) is 5.32 Å². The maximum absolute atomic E-state index is 12.1. The Hall–Kier alpha value is -0.770. The number of carbonyl (C=O) groups is 1. The molecule has 0 spiro atoms. The number of nitrogens with two attached hydrogens (primary N) is 1. The Morgan fingerprint density at radius 3 is 2.53 bits per heavy atom. The average molecular weight is 301 g/mol. The van der Waals surface area contributed by atoms with Gasteiger partial charge in [-0.25, -0.2) is 0 Å². The molecule has 0 saturated heterocycles. The third-order valence-electron chi connectivity index (χ3n) is 3.70. The molecule has 1 aliphatic rings. The van der Waals surface area contributed by atoms with E-state index in [1.165, 1.54) is 0 Å². The maximum atomic E-state index is 12.1. The standard InChI is InChI=1S/C14H18Cl2N2O/c15-11-4-3-10(7-12(11)16)8-13(19)18-14(9-17)5-1-2-6-14/h3-4,7H,1-2,5-6,8-9,17H2,(H,18,19). The van der Waals surface area contributed by atoms with Crippen LogP contribution in [0.25, 0.3) is 0 Å². The van der Waals surface area contributed by atoms with Crippen LogP contribution >= 0.6 is 23.2 Å². The Labute approximate surface area is 123 Å². The molecule has 1 aliphatic carbocycles. The Morgan fingerprint density at radius 2 is 1.95 bits per heavy atom. The van der Waals surface area contributed by atoms with Gasteiger partial charge in [-0.3, -0.25) is 4.79 Å². The number of hydrogen-bond donors (Lipinski definition) is 2. The zero-order valence-electron chi connectivity index (χ0n) is 10.7. The minimum Gasteiger partial charge on any atom is -0.349 e. The fourth-order valence-electron chi connectivity index (χ4n) is 2.61. The molecule has 1 saturated carbocycles. The van der Waals surface area contributed by atoms with Gasteiger partial charge in [0.25, 0.3) is 0 Å². The van der Waals surface area contributed by atoms with Gasteiger partial charge >= 0.3 is 0 Å². The lowest BCUT2D eigenvalue weighted by Crippen LogP contribution is -2.52. The molecule has 3 nitrogen and oxygen atoms in total. The van der Waals surface area contributed by atoms with Crippen molar-refractivity contribution >= 4 is 29.1 Å². The number of amides is 1. The average Bonchev–Trinajstić information content (AvgIpc) is 2.83. The summed E-state index contributed by atoms with van der Waals surface area (Å²) >= 11 is 11.8. The van der Waals surface area contributed by atoms with E-state index in [0.29, 0.717) is 23.0 Å². The molecule has 1 amide bonds. The highest BCUT2D eigenvalue weighted by molar-refractivity contribution is 6.42. The smallest absolute Gasteiger partial charge is 0.224 e. The molecule has 0 atom stereocenters. The molecular formula is C14H18Cl2N2O. The minimum atomic E-state index is -0.201. The van der Waals surface area contributed by atoms with Crippen LogP contribution < -0.4 is 11.1 Å². The molecule has 1 aromatic carbocycles. The van der Waals surface area contributed by atoms with E-state index in [2.05, 4.69) is 5.32 Å². The largest absolute Gasteiger partial charge is 0.349 e. The van der Waals surface area contributed by atoms with Gasteiger partial charge in [0.05, 0.1) is 22.0 Å². The van der Waals surface area contributed by atoms with Crippen molar-refractivity contribution in [1.29, 1.82) is 0 Å². The van der Waals surface area contributed by atoms with E-state index in [9.17, 15) is 4.79 Å². The van der Waals surface area contributed by atoms with Crippen LogP contribution in [0.15, 0.2) is 18.2 Å². The van der Waals surface area contributed by atoms with Gasteiger partial charge < -0.3 is 11.1 Å². The highest BCUT2D eigenvalue weighted by Gasteiger charge is 2.33. The van der Waals surface area contributed by atoms with Crippen molar-refractivity contribution in [3.05, 3.63) is 33.8 Å². The summed E-state index contributed by atoms with van der Waals surface area (Å²) in [5, 5.41) is 4.06. The lowest BCUT2D eigenvalue weighted by atomic mass is 9.97. The maximum Gasteiger partial charge on any atom is 0.224 e. The van der Waals surface area contributed by atoms with Crippen LogP contribution in [-0.2, 0) is 11.2 Å². The first kappa shape index (κ1) is 14.6. The number of nitrogens with one attached hydrogen (secondary N) is 1. The normalized spacial score (nSPS) is 17.4. The third-order valence-corrected chi connectivity index (χ3v) is 4.44. The summed E-state index contributed by atoms with van der Waals surface area (Å²) in [5.41, 5.74) is 6.46. The highest BCUT2D eigenvalue weighted by Crippen LogP contribution is 2.29. The number of halogens is 2. The second-order valence-electron chi connectivity index (χ2n) is 5.16. The first-order valence-electron chi connectivity index (χ1n) is 6.50. The predicted octanol–water partition coefficient (Wildman–Crippen LogP) is 2.92. The molecule has 2 rings (SSSR count). The number of hydrogen-bond acceptors (Lipinski definition) is 2. The summed E-state index contributed by atoms with van der Waals surface area (Å²) < 4.78 is 0. The van der Waals surface area contributed by atoms with E-state index in [1.54, 1.807) is 12.1 Å². The third kappa shape index (κ3) is 3.62. The molecule has 0 unspecified atom stereocenters. The molecule has 19 heavy (non-hydrogen) atoms. The molecule has 1 aromatic rings. The van der Waals surface area contributed by atoms with Gasteiger partial charge in [-0.2, -0.15) is 0 Å². The van der Waals surface area contributed by atoms with Gasteiger partial charge in [0.1, 0.15) is 0 Å². The molecule has 0 aromatic heterocycles. The topological polar surface area (TPSA) is 55.1 Å². The molecule has 3 N–H and O–H groups in total. The van der Waals surface area contributed by atoms with Gasteiger partial charge in [0.15, 0.2) is 0 Å². The van der Waals surface area contributed by atoms with Crippen LogP contribution in [0, 0.1) is 0 Å². The Balaban J connectivity index is 1.99. The van der Waals surface area contributed by atoms with Crippen molar-refractivity contribution in [3.63, 3.8) is 0 Å². The lowest BCUT2D eigenvalue weighted by molar-refractivity contribution is -0.122. The Morgan fingerprint density at radius 1 is 1.26 bits per heavy atom. The summed E-state index contributed by atoms with van der Waals surface area (Å²) in [6.45, 7) is 0.500. The summed E-state index contributed by atoms with van der Waals surface area (Å²) in [6, 6.07) is 5.26. The SMILES string of the molecule is NCC1(NC(=O)Cc2ccc(Cl)c(Cl)c2)CCCC1. The van der Waals surface area contributed by atoms with Crippen LogP contribution in [0.5, 0.6) is 0 Å². The Bertz CT molecular complexity index is 471. The number of rotatable bonds is 4. The first-order chi connectivity index (χ1) is 9.04. The van der Waals surface area contributed by atoms with Gasteiger partial charge in [-0.1, -0.05) is 42.1 Å². The molecular weight excluding hydrogens is 283 g/mol. The van der Waals surface area contributed by atoms with Gasteiger partial charge in [-0.05, 0) is 30.5 Å². The quantitative estimate of drug-likeness (QED) is 0.898. The second kappa shape index (κ2) is 6.12. The molecule has 0 bridgehead atoms. The number of carbonyl (C=O) groups excluding carboxylic acids is 1. The van der Waals surface area contributed by atoms with Crippen molar-refractivity contribution in [3.8, 4) is 0 Å². The van der Waals surface area contributed by atoms with E-state index in [-0.39, 0.29) is 11.4 Å². The van der Waals surface area contributed by atoms with E-state index < -0.39 is 0 Å². The minimum absolute atomic E-state index is 0.00857. The zero-order valence-corrected chi connectivity index (χ0v) is 12.2. The van der Waals surface area contributed by atoms with Crippen LogP contribution in [0.3, 0.4) is 0 Å². The van der Waals surface area contributed by atoms with E-state index in [1.807, 2.05) is 6.07 Å². The Kier molecular flexibility index (Phi) is 4.71. The van der Waals surface area contributed by atoms with Crippen molar-refractivity contribution in [2.75, 3.05) is 6.54 Å². The first-order valence-corrected chi connectivity index (χ1v) is 7.25. The zero-order chi connectivity index (χ0) is 13.9. The lowest BCUT2D eigenvalue weighted by Gasteiger charge is -2.28. The van der Waals surface area contributed by atoms with Crippen LogP contribution in [0.1, 0.15) is 31.2 Å². The highest BCUT2D eigenvalue weighted by atomic mass is 35.5. The van der Waals surface area contributed by atoms with Crippen molar-refractivity contribution in [2.24, 2.45) is 5.73 Å². The molecule has 104 valence electrons. The molecule has 1 fully saturated rings. The van der Waals surface area contributed by atoms with Gasteiger partial charge in [0, 0.05) is 6.54 Å². The fourth-order valence-corrected chi connectivity index (χ4v) is 2.93. The van der Waals surface area contributed by atoms with Crippen molar-refractivity contribution in [2.45, 2.75) is 37.6 Å². The van der Waals surface area contributed by atoms with E-state index in [4.69, 9.17) is 28.9 Å². The molecule has 0 radical (unpaired) electrons. The number of benzene rings is 1. The molecule has 0 heterocycles.